The molecule has 0 aliphatic carbocycles. The van der Waals surface area contributed by atoms with E-state index in [1.165, 1.54) is 23.5 Å². The normalized spacial score (nSPS) is 15.3. The van der Waals surface area contributed by atoms with Crippen LogP contribution in [0.3, 0.4) is 0 Å². The third-order valence-corrected chi connectivity index (χ3v) is 7.22. The minimum atomic E-state index is -0.615. The van der Waals surface area contributed by atoms with Gasteiger partial charge in [-0.15, -0.1) is 11.3 Å². The topological polar surface area (TPSA) is 115 Å². The summed E-state index contributed by atoms with van der Waals surface area (Å²) in [6, 6.07) is 11.2. The van der Waals surface area contributed by atoms with Crippen LogP contribution in [0.1, 0.15) is 5.56 Å². The zero-order valence-corrected chi connectivity index (χ0v) is 20.8. The molecule has 5 heterocycles. The molecule has 3 aromatic heterocycles. The van der Waals surface area contributed by atoms with Crippen molar-refractivity contribution in [3.63, 3.8) is 0 Å². The van der Waals surface area contributed by atoms with Crippen molar-refractivity contribution in [2.24, 2.45) is 0 Å². The monoisotopic (exact) mass is 535 g/mol. The molecule has 3 amide bonds. The number of rotatable bonds is 7. The van der Waals surface area contributed by atoms with Crippen LogP contribution in [-0.4, -0.2) is 59.4 Å². The van der Waals surface area contributed by atoms with E-state index in [2.05, 4.69) is 20.6 Å². The Morgan fingerprint density at radius 1 is 1.16 bits per heavy atom. The Morgan fingerprint density at radius 3 is 2.76 bits per heavy atom. The first kappa shape index (κ1) is 24.1. The lowest BCUT2D eigenvalue weighted by atomic mass is 10.2. The van der Waals surface area contributed by atoms with Crippen LogP contribution in [0.25, 0.3) is 20.8 Å². The average Bonchev–Trinajstić information content (AvgIpc) is 3.50. The lowest BCUT2D eigenvalue weighted by Crippen LogP contribution is -2.49. The highest BCUT2D eigenvalue weighted by molar-refractivity contribution is 7.22. The number of aromatic nitrogens is 2. The van der Waals surface area contributed by atoms with Gasteiger partial charge in [-0.25, -0.2) is 14.0 Å². The number of carbonyl (C=O) groups is 2. The van der Waals surface area contributed by atoms with Crippen LogP contribution in [0.15, 0.2) is 54.9 Å². The minimum absolute atomic E-state index is 0.0220. The Morgan fingerprint density at radius 2 is 2.05 bits per heavy atom. The molecule has 0 spiro atoms. The number of nitrogens with one attached hydrogen (secondary N) is 2. The molecule has 1 aromatic carbocycles. The summed E-state index contributed by atoms with van der Waals surface area (Å²) in [6.45, 7) is 2.35. The number of fused-ring (bicyclic) bond motifs is 1. The molecule has 2 aliphatic rings. The Hall–Kier alpha value is -4.29. The Labute approximate surface area is 220 Å². The maximum Gasteiger partial charge on any atom is 0.410 e. The molecule has 0 unspecified atom stereocenters. The lowest BCUT2D eigenvalue weighted by molar-refractivity contribution is 0.000734. The maximum atomic E-state index is 14.8. The predicted molar refractivity (Wildman–Crippen MR) is 138 cm³/mol. The molecular formula is C26H22FN5O5S. The molecule has 10 nitrogen and oxygen atoms in total. The highest BCUT2D eigenvalue weighted by Crippen LogP contribution is 2.39. The summed E-state index contributed by atoms with van der Waals surface area (Å²) in [5, 5.41) is 5.34. The van der Waals surface area contributed by atoms with Crippen LogP contribution in [0.2, 0.25) is 0 Å². The van der Waals surface area contributed by atoms with Crippen LogP contribution >= 0.6 is 11.3 Å². The zero-order valence-electron chi connectivity index (χ0n) is 20.0. The molecule has 2 N–H and O–H groups in total. The first-order chi connectivity index (χ1) is 18.5. The molecule has 0 atom stereocenters. The summed E-state index contributed by atoms with van der Waals surface area (Å²) in [7, 11) is 0. The van der Waals surface area contributed by atoms with Crippen LogP contribution in [0.4, 0.5) is 19.7 Å². The van der Waals surface area contributed by atoms with Gasteiger partial charge in [0.1, 0.15) is 12.4 Å². The highest BCUT2D eigenvalue weighted by Gasteiger charge is 2.22. The second-order valence-corrected chi connectivity index (χ2v) is 9.85. The summed E-state index contributed by atoms with van der Waals surface area (Å²) in [4.78, 5) is 35.2. The highest BCUT2D eigenvalue weighted by atomic mass is 32.1. The summed E-state index contributed by atoms with van der Waals surface area (Å²) < 4.78 is 31.5. The summed E-state index contributed by atoms with van der Waals surface area (Å²) in [5.74, 6) is -0.137. The van der Waals surface area contributed by atoms with E-state index < -0.39 is 11.8 Å². The molecule has 6 rings (SSSR count). The van der Waals surface area contributed by atoms with Crippen molar-refractivity contribution in [3.05, 3.63) is 66.2 Å². The minimum Gasteiger partial charge on any atom is -0.453 e. The Balaban J connectivity index is 1.16. The van der Waals surface area contributed by atoms with Crippen molar-refractivity contribution < 1.29 is 28.2 Å². The van der Waals surface area contributed by atoms with Gasteiger partial charge in [-0.3, -0.25) is 9.97 Å². The SMILES string of the molecule is O=C(Nc1ccc(Oc2ccnc3cc(-c4ccc(CN5CCOC5=O)cn4)sc23)c(F)c1)NC1COC1. The maximum absolute atomic E-state index is 14.8. The smallest absolute Gasteiger partial charge is 0.410 e. The van der Waals surface area contributed by atoms with E-state index in [1.807, 2.05) is 18.2 Å². The van der Waals surface area contributed by atoms with E-state index in [4.69, 9.17) is 14.2 Å². The van der Waals surface area contributed by atoms with Gasteiger partial charge in [0.25, 0.3) is 0 Å². The van der Waals surface area contributed by atoms with Crippen LogP contribution < -0.4 is 15.4 Å². The number of pyridine rings is 2. The molecule has 2 saturated heterocycles. The van der Waals surface area contributed by atoms with E-state index in [-0.39, 0.29) is 17.9 Å². The second kappa shape index (κ2) is 10.2. The van der Waals surface area contributed by atoms with E-state index in [1.54, 1.807) is 29.4 Å². The largest absolute Gasteiger partial charge is 0.453 e. The number of ether oxygens (including phenoxy) is 3. The van der Waals surface area contributed by atoms with Crippen LogP contribution in [0.5, 0.6) is 11.5 Å². The van der Waals surface area contributed by atoms with Gasteiger partial charge >= 0.3 is 12.1 Å². The number of urea groups is 1. The van der Waals surface area contributed by atoms with Gasteiger partial charge in [-0.1, -0.05) is 6.07 Å². The van der Waals surface area contributed by atoms with E-state index >= 15 is 0 Å². The molecule has 194 valence electrons. The first-order valence-electron chi connectivity index (χ1n) is 11.9. The fraction of sp³-hybridized carbons (Fsp3) is 0.231. The molecule has 0 saturated carbocycles. The van der Waals surface area contributed by atoms with Gasteiger partial charge < -0.3 is 29.7 Å². The molecule has 0 radical (unpaired) electrons. The van der Waals surface area contributed by atoms with Gasteiger partial charge in [0, 0.05) is 30.2 Å². The van der Waals surface area contributed by atoms with Crippen molar-refractivity contribution >= 4 is 39.4 Å². The lowest BCUT2D eigenvalue weighted by Gasteiger charge is -2.26. The van der Waals surface area contributed by atoms with Crippen LogP contribution in [0, 0.1) is 5.82 Å². The van der Waals surface area contributed by atoms with Crippen LogP contribution in [-0.2, 0) is 16.0 Å². The number of halogens is 1. The van der Waals surface area contributed by atoms with Crippen molar-refractivity contribution in [2.45, 2.75) is 12.6 Å². The van der Waals surface area contributed by atoms with Gasteiger partial charge in [0.05, 0.1) is 53.1 Å². The third kappa shape index (κ3) is 5.08. The van der Waals surface area contributed by atoms with E-state index in [0.717, 1.165) is 20.8 Å². The van der Waals surface area contributed by atoms with Crippen molar-refractivity contribution in [2.75, 3.05) is 31.7 Å². The zero-order chi connectivity index (χ0) is 26.1. The fourth-order valence-electron chi connectivity index (χ4n) is 4.03. The third-order valence-electron chi connectivity index (χ3n) is 6.05. The van der Waals surface area contributed by atoms with Gasteiger partial charge in [0.15, 0.2) is 11.6 Å². The molecule has 38 heavy (non-hydrogen) atoms. The number of anilines is 1. The number of hydrogen-bond acceptors (Lipinski definition) is 8. The standard InChI is InChI=1S/C26H22FN5O5S/c27-18-9-16(30-25(33)31-17-13-35-14-17)2-4-21(18)37-22-5-6-28-20-10-23(38-24(20)22)19-3-1-15(11-29-19)12-32-7-8-36-26(32)34/h1-6,9-11,17H,7-8,12-14H2,(H2,30,31,33). The second-order valence-electron chi connectivity index (χ2n) is 8.80. The molecule has 0 bridgehead atoms. The number of hydrogen-bond donors (Lipinski definition) is 2. The Kier molecular flexibility index (Phi) is 6.48. The number of carbonyl (C=O) groups excluding carboxylic acids is 2. The number of cyclic esters (lactones) is 1. The van der Waals surface area contributed by atoms with Crippen molar-refractivity contribution in [3.8, 4) is 22.1 Å². The van der Waals surface area contributed by atoms with Gasteiger partial charge in [-0.2, -0.15) is 0 Å². The number of benzene rings is 1. The summed E-state index contributed by atoms with van der Waals surface area (Å²) in [6.07, 6.45) is 3.02. The van der Waals surface area contributed by atoms with Gasteiger partial charge in [0.2, 0.25) is 0 Å². The van der Waals surface area contributed by atoms with Crippen molar-refractivity contribution in [1.82, 2.24) is 20.2 Å². The van der Waals surface area contributed by atoms with Crippen molar-refractivity contribution in [1.29, 1.82) is 0 Å². The van der Waals surface area contributed by atoms with E-state index in [9.17, 15) is 14.0 Å². The molecular weight excluding hydrogens is 513 g/mol. The first-order valence-corrected chi connectivity index (χ1v) is 12.7. The van der Waals surface area contributed by atoms with Gasteiger partial charge in [-0.05, 0) is 29.8 Å². The number of thiophene rings is 1. The molecule has 4 aromatic rings. The Bertz CT molecular complexity index is 1510. The quantitative estimate of drug-likeness (QED) is 0.351. The summed E-state index contributed by atoms with van der Waals surface area (Å²) in [5.41, 5.74) is 2.66. The number of nitrogens with zero attached hydrogens (tertiary/aromatic N) is 3. The molecule has 2 fully saturated rings. The fourth-order valence-corrected chi connectivity index (χ4v) is 5.07. The predicted octanol–water partition coefficient (Wildman–Crippen LogP) is 4.76. The molecule has 2 aliphatic heterocycles. The summed E-state index contributed by atoms with van der Waals surface area (Å²) >= 11 is 1.43. The average molecular weight is 536 g/mol. The number of amides is 3. The molecule has 12 heteroatoms. The van der Waals surface area contributed by atoms with E-state index in [0.29, 0.717) is 49.9 Å².